The van der Waals surface area contributed by atoms with Gasteiger partial charge in [0, 0.05) is 26.0 Å². The summed E-state index contributed by atoms with van der Waals surface area (Å²) < 4.78 is 37.0. The Hall–Kier alpha value is -3.96. The van der Waals surface area contributed by atoms with Crippen LogP contribution in [0.5, 0.6) is 17.4 Å². The van der Waals surface area contributed by atoms with E-state index in [0.29, 0.717) is 11.4 Å². The predicted octanol–water partition coefficient (Wildman–Crippen LogP) is 2.95. The number of methoxy groups -OCH3 is 1. The van der Waals surface area contributed by atoms with Crippen molar-refractivity contribution < 1.29 is 27.5 Å². The minimum atomic E-state index is -3.76. The average Bonchev–Trinajstić information content (AvgIpc) is 2.94. The molecule has 0 saturated heterocycles. The topological polar surface area (TPSA) is 127 Å². The lowest BCUT2D eigenvalue weighted by Gasteiger charge is -2.15. The van der Waals surface area contributed by atoms with Crippen LogP contribution >= 0.6 is 0 Å². The number of benzene rings is 2. The minimum absolute atomic E-state index is 0.0210. The summed E-state index contributed by atoms with van der Waals surface area (Å²) in [5, 5.41) is 5.39. The number of carbonyl (C=O) groups is 2. The Labute approximate surface area is 190 Å². The van der Waals surface area contributed by atoms with E-state index in [1.807, 2.05) is 0 Å². The van der Waals surface area contributed by atoms with Crippen molar-refractivity contribution in [3.63, 3.8) is 0 Å². The zero-order valence-corrected chi connectivity index (χ0v) is 18.8. The highest BCUT2D eigenvalue weighted by Crippen LogP contribution is 2.35. The first-order valence-electron chi connectivity index (χ1n) is 9.71. The van der Waals surface area contributed by atoms with Gasteiger partial charge in [0.05, 0.1) is 23.1 Å². The zero-order chi connectivity index (χ0) is 23.8. The molecule has 0 aliphatic carbocycles. The van der Waals surface area contributed by atoms with Gasteiger partial charge in [-0.1, -0.05) is 0 Å². The molecule has 33 heavy (non-hydrogen) atoms. The van der Waals surface area contributed by atoms with E-state index in [9.17, 15) is 18.0 Å². The highest BCUT2D eigenvalue weighted by Gasteiger charge is 2.24. The molecule has 1 aliphatic rings. The van der Waals surface area contributed by atoms with Crippen LogP contribution in [0.3, 0.4) is 0 Å². The number of fused-ring (bicyclic) bond motifs is 2. The summed E-state index contributed by atoms with van der Waals surface area (Å²) in [6.07, 6.45) is 1.54. The molecule has 2 aromatic carbocycles. The van der Waals surface area contributed by atoms with Gasteiger partial charge in [0.2, 0.25) is 15.9 Å². The lowest BCUT2D eigenvalue weighted by molar-refractivity contribution is 0.101. The van der Waals surface area contributed by atoms with Gasteiger partial charge in [0.15, 0.2) is 0 Å². The molecule has 2 amide bonds. The number of rotatable bonds is 5. The second-order valence-corrected chi connectivity index (χ2v) is 9.38. The molecule has 0 spiro atoms. The van der Waals surface area contributed by atoms with Gasteiger partial charge in [-0.05, 0) is 48.5 Å². The van der Waals surface area contributed by atoms with Crippen molar-refractivity contribution in [2.45, 2.75) is 4.90 Å². The van der Waals surface area contributed by atoms with E-state index in [4.69, 9.17) is 9.47 Å². The highest BCUT2D eigenvalue weighted by atomic mass is 32.2. The van der Waals surface area contributed by atoms with E-state index in [-0.39, 0.29) is 33.4 Å². The fraction of sp³-hybridized carbons (Fsp3) is 0.136. The Balaban J connectivity index is 1.65. The molecule has 4 rings (SSSR count). The standard InChI is InChI=1S/C22H20N4O6S/c1-26(2)33(29,30)14-7-9-18(31-3)16(12-14)20(27)24-13-6-8-19-15(11-13)21(28)25-17-5-4-10-23-22(17)32-19/h4-12H,1-3H3,(H,24,27)(H,25,28). The summed E-state index contributed by atoms with van der Waals surface area (Å²) in [6.45, 7) is 0. The molecule has 3 aromatic rings. The Morgan fingerprint density at radius 3 is 2.67 bits per heavy atom. The van der Waals surface area contributed by atoms with Crippen molar-refractivity contribution in [3.05, 3.63) is 65.9 Å². The number of hydrogen-bond donors (Lipinski definition) is 2. The van der Waals surface area contributed by atoms with E-state index < -0.39 is 21.8 Å². The van der Waals surface area contributed by atoms with Gasteiger partial charge < -0.3 is 20.1 Å². The van der Waals surface area contributed by atoms with Gasteiger partial charge in [-0.15, -0.1) is 0 Å². The van der Waals surface area contributed by atoms with E-state index in [1.165, 1.54) is 45.5 Å². The maximum atomic E-state index is 13.0. The second-order valence-electron chi connectivity index (χ2n) is 7.23. The first-order valence-corrected chi connectivity index (χ1v) is 11.1. The molecule has 0 unspecified atom stereocenters. The fourth-order valence-electron chi connectivity index (χ4n) is 3.17. The Morgan fingerprint density at radius 1 is 1.15 bits per heavy atom. The van der Waals surface area contributed by atoms with Crippen LogP contribution in [0.25, 0.3) is 0 Å². The van der Waals surface area contributed by atoms with E-state index >= 15 is 0 Å². The number of ether oxygens (including phenoxy) is 2. The van der Waals surface area contributed by atoms with Gasteiger partial charge in [0.1, 0.15) is 17.2 Å². The number of amides is 2. The third-order valence-electron chi connectivity index (χ3n) is 4.90. The first kappa shape index (κ1) is 22.2. The van der Waals surface area contributed by atoms with Crippen LogP contribution < -0.4 is 20.1 Å². The molecule has 2 N–H and O–H groups in total. The molecule has 0 bridgehead atoms. The van der Waals surface area contributed by atoms with E-state index in [0.717, 1.165) is 4.31 Å². The van der Waals surface area contributed by atoms with Crippen LogP contribution in [0.4, 0.5) is 11.4 Å². The lowest BCUT2D eigenvalue weighted by Crippen LogP contribution is -2.23. The first-order chi connectivity index (χ1) is 15.7. The number of hydrogen-bond acceptors (Lipinski definition) is 7. The lowest BCUT2D eigenvalue weighted by atomic mass is 10.1. The number of pyridine rings is 1. The molecule has 2 heterocycles. The molecule has 0 radical (unpaired) electrons. The van der Waals surface area contributed by atoms with Crippen molar-refractivity contribution in [2.24, 2.45) is 0 Å². The summed E-state index contributed by atoms with van der Waals surface area (Å²) >= 11 is 0. The average molecular weight is 468 g/mol. The molecule has 1 aliphatic heterocycles. The summed E-state index contributed by atoms with van der Waals surface area (Å²) in [5.41, 5.74) is 0.946. The Kier molecular flexibility index (Phi) is 5.75. The number of nitrogens with one attached hydrogen (secondary N) is 2. The monoisotopic (exact) mass is 468 g/mol. The molecule has 0 saturated carbocycles. The van der Waals surface area contributed by atoms with Gasteiger partial charge >= 0.3 is 0 Å². The number of sulfonamides is 1. The van der Waals surface area contributed by atoms with Crippen molar-refractivity contribution in [1.29, 1.82) is 0 Å². The minimum Gasteiger partial charge on any atom is -0.496 e. The largest absolute Gasteiger partial charge is 0.496 e. The normalized spacial score (nSPS) is 12.7. The van der Waals surface area contributed by atoms with E-state index in [2.05, 4.69) is 15.6 Å². The number of aromatic nitrogens is 1. The molecule has 11 heteroatoms. The van der Waals surface area contributed by atoms with Gasteiger partial charge in [-0.25, -0.2) is 17.7 Å². The Bertz CT molecular complexity index is 1370. The number of carbonyl (C=O) groups excluding carboxylic acids is 2. The second kappa shape index (κ2) is 8.52. The van der Waals surface area contributed by atoms with E-state index in [1.54, 1.807) is 30.5 Å². The van der Waals surface area contributed by atoms with Crippen LogP contribution in [0.2, 0.25) is 0 Å². The smallest absolute Gasteiger partial charge is 0.259 e. The highest BCUT2D eigenvalue weighted by molar-refractivity contribution is 7.89. The maximum Gasteiger partial charge on any atom is 0.259 e. The van der Waals surface area contributed by atoms with Crippen LogP contribution in [-0.4, -0.2) is 50.7 Å². The zero-order valence-electron chi connectivity index (χ0n) is 17.9. The maximum absolute atomic E-state index is 13.0. The molecule has 170 valence electrons. The molecular formula is C22H20N4O6S. The quantitative estimate of drug-likeness (QED) is 0.589. The van der Waals surface area contributed by atoms with Crippen LogP contribution in [0, 0.1) is 0 Å². The third-order valence-corrected chi connectivity index (χ3v) is 6.71. The van der Waals surface area contributed by atoms with Crippen LogP contribution in [0.15, 0.2) is 59.6 Å². The summed E-state index contributed by atoms with van der Waals surface area (Å²) in [6, 6.07) is 11.9. The molecular weight excluding hydrogens is 448 g/mol. The van der Waals surface area contributed by atoms with Crippen LogP contribution in [0.1, 0.15) is 20.7 Å². The summed E-state index contributed by atoms with van der Waals surface area (Å²) in [7, 11) is 0.417. The molecule has 0 fully saturated rings. The SMILES string of the molecule is COc1ccc(S(=O)(=O)N(C)C)cc1C(=O)Nc1ccc2c(c1)C(=O)Nc1cccnc1O2. The molecule has 10 nitrogen and oxygen atoms in total. The van der Waals surface area contributed by atoms with Crippen molar-refractivity contribution in [2.75, 3.05) is 31.8 Å². The number of nitrogens with zero attached hydrogens (tertiary/aromatic N) is 2. The van der Waals surface area contributed by atoms with Gasteiger partial charge in [-0.2, -0.15) is 0 Å². The Morgan fingerprint density at radius 2 is 1.94 bits per heavy atom. The van der Waals surface area contributed by atoms with Gasteiger partial charge in [0.25, 0.3) is 11.8 Å². The van der Waals surface area contributed by atoms with Crippen LogP contribution in [-0.2, 0) is 10.0 Å². The van der Waals surface area contributed by atoms with Crippen molar-refractivity contribution in [3.8, 4) is 17.4 Å². The molecule has 0 atom stereocenters. The number of anilines is 2. The summed E-state index contributed by atoms with van der Waals surface area (Å²) in [4.78, 5) is 29.7. The molecule has 1 aromatic heterocycles. The third kappa shape index (κ3) is 4.23. The van der Waals surface area contributed by atoms with Gasteiger partial charge in [-0.3, -0.25) is 9.59 Å². The van der Waals surface area contributed by atoms with Crippen molar-refractivity contribution >= 4 is 33.2 Å². The summed E-state index contributed by atoms with van der Waals surface area (Å²) in [5.74, 6) is -0.306. The fourth-order valence-corrected chi connectivity index (χ4v) is 4.10. The predicted molar refractivity (Wildman–Crippen MR) is 121 cm³/mol. The van der Waals surface area contributed by atoms with Crippen molar-refractivity contribution in [1.82, 2.24) is 9.29 Å².